The van der Waals surface area contributed by atoms with Crippen LogP contribution in [0.3, 0.4) is 0 Å². The molecular weight excluding hydrogens is 348 g/mol. The summed E-state index contributed by atoms with van der Waals surface area (Å²) in [6.45, 7) is 2.19. The Morgan fingerprint density at radius 1 is 1.27 bits per heavy atom. The summed E-state index contributed by atoms with van der Waals surface area (Å²) in [4.78, 5) is 25.4. The fourth-order valence-electron chi connectivity index (χ4n) is 4.46. The highest BCUT2D eigenvalue weighted by molar-refractivity contribution is 7.16. The van der Waals surface area contributed by atoms with Gasteiger partial charge in [0.05, 0.1) is 17.4 Å². The lowest BCUT2D eigenvalue weighted by atomic mass is 9.78. The highest BCUT2D eigenvalue weighted by atomic mass is 32.1. The monoisotopic (exact) mass is 374 g/mol. The highest BCUT2D eigenvalue weighted by Crippen LogP contribution is 2.41. The molecule has 26 heavy (non-hydrogen) atoms. The Hall–Kier alpha value is -1.87. The molecule has 1 saturated carbocycles. The molecular formula is C20H26N2O3S. The van der Waals surface area contributed by atoms with Gasteiger partial charge in [0.15, 0.2) is 0 Å². The number of thiophene rings is 1. The zero-order valence-electron chi connectivity index (χ0n) is 15.2. The molecule has 1 amide bonds. The summed E-state index contributed by atoms with van der Waals surface area (Å²) in [5.41, 5.74) is 1.69. The Kier molecular flexibility index (Phi) is 5.98. The fourth-order valence-corrected chi connectivity index (χ4v) is 5.78. The first kappa shape index (κ1) is 18.9. The number of nitrogens with one attached hydrogen (secondary N) is 1. The lowest BCUT2D eigenvalue weighted by Gasteiger charge is -2.27. The van der Waals surface area contributed by atoms with Crippen LogP contribution in [0.2, 0.25) is 0 Å². The van der Waals surface area contributed by atoms with E-state index in [1.807, 2.05) is 0 Å². The van der Waals surface area contributed by atoms with Crippen LogP contribution in [-0.4, -0.2) is 17.0 Å². The van der Waals surface area contributed by atoms with Crippen molar-refractivity contribution in [2.75, 3.05) is 5.32 Å². The van der Waals surface area contributed by atoms with Crippen molar-refractivity contribution in [2.45, 2.75) is 64.7 Å². The third kappa shape index (κ3) is 3.78. The summed E-state index contributed by atoms with van der Waals surface area (Å²) in [6.07, 6.45) is 8.25. The van der Waals surface area contributed by atoms with E-state index in [0.717, 1.165) is 37.7 Å². The van der Waals surface area contributed by atoms with Gasteiger partial charge in [-0.2, -0.15) is 5.26 Å². The van der Waals surface area contributed by atoms with Crippen molar-refractivity contribution < 1.29 is 14.7 Å². The lowest BCUT2D eigenvalue weighted by molar-refractivity contribution is -0.147. The Labute approximate surface area is 158 Å². The Bertz CT molecular complexity index is 734. The van der Waals surface area contributed by atoms with Crippen LogP contribution in [0.4, 0.5) is 5.00 Å². The first-order valence-electron chi connectivity index (χ1n) is 9.63. The molecule has 6 heteroatoms. The molecule has 1 aromatic rings. The molecule has 0 spiro atoms. The van der Waals surface area contributed by atoms with Crippen LogP contribution in [0.5, 0.6) is 0 Å². The van der Waals surface area contributed by atoms with Gasteiger partial charge in [-0.25, -0.2) is 0 Å². The van der Waals surface area contributed by atoms with E-state index in [-0.39, 0.29) is 5.91 Å². The molecule has 1 fully saturated rings. The minimum absolute atomic E-state index is 0.239. The Morgan fingerprint density at radius 3 is 2.65 bits per heavy atom. The van der Waals surface area contributed by atoms with Gasteiger partial charge in [-0.15, -0.1) is 11.3 Å². The van der Waals surface area contributed by atoms with E-state index in [4.69, 9.17) is 0 Å². The second-order valence-corrected chi connectivity index (χ2v) is 8.65. The van der Waals surface area contributed by atoms with Crippen LogP contribution >= 0.6 is 11.3 Å². The van der Waals surface area contributed by atoms with Gasteiger partial charge >= 0.3 is 5.97 Å². The van der Waals surface area contributed by atoms with Crippen molar-refractivity contribution in [1.82, 2.24) is 0 Å². The van der Waals surface area contributed by atoms with Crippen molar-refractivity contribution in [1.29, 1.82) is 5.26 Å². The lowest BCUT2D eigenvalue weighted by Crippen LogP contribution is -2.36. The number of hydrogen-bond acceptors (Lipinski definition) is 4. The molecule has 1 heterocycles. The molecule has 2 N–H and O–H groups in total. The molecule has 0 saturated heterocycles. The van der Waals surface area contributed by atoms with Gasteiger partial charge in [-0.05, 0) is 43.6 Å². The zero-order valence-corrected chi connectivity index (χ0v) is 16.0. The molecule has 3 atom stereocenters. The number of rotatable bonds is 5. The van der Waals surface area contributed by atoms with Crippen LogP contribution in [0, 0.1) is 29.1 Å². The average Bonchev–Trinajstić information content (AvgIpc) is 2.98. The molecule has 0 radical (unpaired) electrons. The summed E-state index contributed by atoms with van der Waals surface area (Å²) >= 11 is 1.52. The van der Waals surface area contributed by atoms with Crippen LogP contribution < -0.4 is 5.32 Å². The zero-order chi connectivity index (χ0) is 18.7. The molecule has 0 unspecified atom stereocenters. The third-order valence-corrected chi connectivity index (χ3v) is 7.00. The van der Waals surface area contributed by atoms with Gasteiger partial charge in [-0.1, -0.05) is 32.6 Å². The number of aliphatic carboxylic acids is 1. The van der Waals surface area contributed by atoms with E-state index in [0.29, 0.717) is 29.3 Å². The van der Waals surface area contributed by atoms with Crippen molar-refractivity contribution in [2.24, 2.45) is 17.8 Å². The minimum Gasteiger partial charge on any atom is -0.481 e. The van der Waals surface area contributed by atoms with Crippen LogP contribution in [0.1, 0.15) is 67.9 Å². The maximum absolute atomic E-state index is 12.8. The summed E-state index contributed by atoms with van der Waals surface area (Å²) in [6, 6.07) is 2.27. The SMILES string of the molecule is CCC[C@@H]1CCc2c(sc(NC(=O)[C@H]3CCCC[C@@H]3C(=O)O)c2C#N)C1. The van der Waals surface area contributed by atoms with Gasteiger partial charge < -0.3 is 10.4 Å². The predicted molar refractivity (Wildman–Crippen MR) is 101 cm³/mol. The topological polar surface area (TPSA) is 90.2 Å². The fraction of sp³-hybridized carbons (Fsp3) is 0.650. The van der Waals surface area contributed by atoms with E-state index in [1.165, 1.54) is 29.1 Å². The Morgan fingerprint density at radius 2 is 2.00 bits per heavy atom. The maximum Gasteiger partial charge on any atom is 0.307 e. The van der Waals surface area contributed by atoms with E-state index in [2.05, 4.69) is 18.3 Å². The Balaban J connectivity index is 1.78. The van der Waals surface area contributed by atoms with E-state index >= 15 is 0 Å². The number of carbonyl (C=O) groups is 2. The smallest absolute Gasteiger partial charge is 0.307 e. The van der Waals surface area contributed by atoms with Crippen LogP contribution in [0.15, 0.2) is 0 Å². The van der Waals surface area contributed by atoms with Gasteiger partial charge in [0.25, 0.3) is 0 Å². The maximum atomic E-state index is 12.8. The second-order valence-electron chi connectivity index (χ2n) is 7.54. The number of amides is 1. The number of nitriles is 1. The van der Waals surface area contributed by atoms with Crippen molar-refractivity contribution in [3.63, 3.8) is 0 Å². The second kappa shape index (κ2) is 8.22. The van der Waals surface area contributed by atoms with Crippen molar-refractivity contribution >= 4 is 28.2 Å². The number of nitrogens with zero attached hydrogens (tertiary/aromatic N) is 1. The van der Waals surface area contributed by atoms with Crippen molar-refractivity contribution in [3.05, 3.63) is 16.0 Å². The largest absolute Gasteiger partial charge is 0.481 e. The number of carboxylic acids is 1. The average molecular weight is 375 g/mol. The number of anilines is 1. The van der Waals surface area contributed by atoms with Gasteiger partial charge in [-0.3, -0.25) is 9.59 Å². The first-order chi connectivity index (χ1) is 12.5. The quantitative estimate of drug-likeness (QED) is 0.801. The van der Waals surface area contributed by atoms with Crippen LogP contribution in [0.25, 0.3) is 0 Å². The van der Waals surface area contributed by atoms with E-state index in [9.17, 15) is 20.0 Å². The summed E-state index contributed by atoms with van der Waals surface area (Å²) in [5, 5.41) is 22.5. The molecule has 140 valence electrons. The molecule has 2 aliphatic carbocycles. The van der Waals surface area contributed by atoms with Gasteiger partial charge in [0.2, 0.25) is 5.91 Å². The predicted octanol–water partition coefficient (Wildman–Crippen LogP) is 4.35. The van der Waals surface area contributed by atoms with Crippen LogP contribution in [-0.2, 0) is 22.4 Å². The minimum atomic E-state index is -0.891. The molecule has 0 aromatic carbocycles. The molecule has 5 nitrogen and oxygen atoms in total. The molecule has 3 rings (SSSR count). The number of fused-ring (bicyclic) bond motifs is 1. The number of carbonyl (C=O) groups excluding carboxylic acids is 1. The van der Waals surface area contributed by atoms with Crippen molar-refractivity contribution in [3.8, 4) is 6.07 Å². The van der Waals surface area contributed by atoms with Gasteiger partial charge in [0.1, 0.15) is 11.1 Å². The highest BCUT2D eigenvalue weighted by Gasteiger charge is 2.36. The standard InChI is InChI=1S/C20H26N2O3S/c1-2-5-12-8-9-13-16(11-21)19(26-17(13)10-12)22-18(23)14-6-3-4-7-15(14)20(24)25/h12,14-15H,2-10H2,1H3,(H,22,23)(H,24,25)/t12-,14+,15+/m1/s1. The number of carboxylic acid groups (broad SMARTS) is 1. The third-order valence-electron chi connectivity index (χ3n) is 5.83. The normalized spacial score (nSPS) is 25.2. The van der Waals surface area contributed by atoms with Gasteiger partial charge in [0, 0.05) is 4.88 Å². The number of hydrogen-bond donors (Lipinski definition) is 2. The molecule has 0 bridgehead atoms. The summed E-state index contributed by atoms with van der Waals surface area (Å²) in [5.74, 6) is -1.58. The summed E-state index contributed by atoms with van der Waals surface area (Å²) < 4.78 is 0. The van der Waals surface area contributed by atoms with E-state index in [1.54, 1.807) is 0 Å². The van der Waals surface area contributed by atoms with E-state index < -0.39 is 17.8 Å². The molecule has 1 aromatic heterocycles. The summed E-state index contributed by atoms with van der Waals surface area (Å²) in [7, 11) is 0. The molecule has 2 aliphatic rings. The molecule has 0 aliphatic heterocycles. The first-order valence-corrected chi connectivity index (χ1v) is 10.4.